The largest absolute Gasteiger partial charge is 0.493 e. The van der Waals surface area contributed by atoms with Gasteiger partial charge in [-0.05, 0) is 55.5 Å². The van der Waals surface area contributed by atoms with Gasteiger partial charge in [-0.2, -0.15) is 0 Å². The molecule has 3 heteroatoms. The summed E-state index contributed by atoms with van der Waals surface area (Å²) in [5, 5.41) is 0.749. The summed E-state index contributed by atoms with van der Waals surface area (Å²) in [5.41, 5.74) is 6.97. The van der Waals surface area contributed by atoms with Crippen molar-refractivity contribution in [1.82, 2.24) is 0 Å². The topological polar surface area (TPSA) is 35.2 Å². The van der Waals surface area contributed by atoms with E-state index in [1.165, 1.54) is 0 Å². The van der Waals surface area contributed by atoms with E-state index in [2.05, 4.69) is 13.8 Å². The second kappa shape index (κ2) is 6.27. The fraction of sp³-hybridized carbons (Fsp3) is 0.571. The van der Waals surface area contributed by atoms with Crippen molar-refractivity contribution >= 4 is 11.6 Å². The molecule has 0 spiro atoms. The van der Waals surface area contributed by atoms with Crippen molar-refractivity contribution < 1.29 is 4.74 Å². The molecule has 1 aromatic rings. The summed E-state index contributed by atoms with van der Waals surface area (Å²) in [6.07, 6.45) is 2.10. The molecule has 0 aliphatic carbocycles. The molecule has 2 N–H and O–H groups in total. The summed E-state index contributed by atoms with van der Waals surface area (Å²) < 4.78 is 5.73. The van der Waals surface area contributed by atoms with E-state index in [-0.39, 0.29) is 5.41 Å². The molecule has 96 valence electrons. The van der Waals surface area contributed by atoms with Gasteiger partial charge in [-0.1, -0.05) is 25.4 Å². The van der Waals surface area contributed by atoms with E-state index in [4.69, 9.17) is 22.1 Å². The van der Waals surface area contributed by atoms with Crippen LogP contribution in [0.1, 0.15) is 32.3 Å². The number of hydrogen-bond donors (Lipinski definition) is 1. The Bertz CT molecular complexity index is 363. The van der Waals surface area contributed by atoms with Gasteiger partial charge >= 0.3 is 0 Å². The summed E-state index contributed by atoms with van der Waals surface area (Å²) in [6, 6.07) is 5.69. The number of halogens is 1. The second-order valence-electron chi connectivity index (χ2n) is 5.23. The van der Waals surface area contributed by atoms with Gasteiger partial charge in [0.2, 0.25) is 0 Å². The molecule has 17 heavy (non-hydrogen) atoms. The summed E-state index contributed by atoms with van der Waals surface area (Å²) in [5.74, 6) is 0.917. The van der Waals surface area contributed by atoms with Crippen molar-refractivity contribution in [2.24, 2.45) is 11.1 Å². The summed E-state index contributed by atoms with van der Waals surface area (Å²) in [4.78, 5) is 0. The molecule has 0 aromatic heterocycles. The Morgan fingerprint density at radius 3 is 2.65 bits per heavy atom. The molecular weight excluding hydrogens is 234 g/mol. The minimum atomic E-state index is 0.207. The van der Waals surface area contributed by atoms with Crippen LogP contribution in [0.5, 0.6) is 5.75 Å². The lowest BCUT2D eigenvalue weighted by molar-refractivity contribution is 0.260. The van der Waals surface area contributed by atoms with Crippen LogP contribution >= 0.6 is 11.6 Å². The summed E-state index contributed by atoms with van der Waals surface area (Å²) in [6.45, 7) is 7.81. The Morgan fingerprint density at radius 2 is 2.06 bits per heavy atom. The molecular formula is C14H22ClNO. The van der Waals surface area contributed by atoms with E-state index in [1.807, 2.05) is 25.1 Å². The standard InChI is InChI=1S/C14H22ClNO/c1-11-9-12(15)5-6-13(11)17-8-4-7-14(2,3)10-16/h5-6,9H,4,7-8,10,16H2,1-3H3. The average Bonchev–Trinajstić information content (AvgIpc) is 2.27. The zero-order valence-corrected chi connectivity index (χ0v) is 11.7. The molecule has 0 atom stereocenters. The van der Waals surface area contributed by atoms with Crippen molar-refractivity contribution in [3.05, 3.63) is 28.8 Å². The third-order valence-corrected chi connectivity index (χ3v) is 3.18. The van der Waals surface area contributed by atoms with Crippen LogP contribution in [0.3, 0.4) is 0 Å². The summed E-state index contributed by atoms with van der Waals surface area (Å²) >= 11 is 5.89. The minimum Gasteiger partial charge on any atom is -0.493 e. The average molecular weight is 256 g/mol. The van der Waals surface area contributed by atoms with Gasteiger partial charge in [0.05, 0.1) is 6.61 Å². The smallest absolute Gasteiger partial charge is 0.122 e. The highest BCUT2D eigenvalue weighted by Gasteiger charge is 2.14. The fourth-order valence-corrected chi connectivity index (χ4v) is 1.84. The highest BCUT2D eigenvalue weighted by Crippen LogP contribution is 2.23. The maximum absolute atomic E-state index is 5.89. The highest BCUT2D eigenvalue weighted by atomic mass is 35.5. The van der Waals surface area contributed by atoms with Gasteiger partial charge in [-0.3, -0.25) is 0 Å². The van der Waals surface area contributed by atoms with Gasteiger partial charge in [-0.15, -0.1) is 0 Å². The molecule has 0 radical (unpaired) electrons. The molecule has 0 amide bonds. The molecule has 0 bridgehead atoms. The molecule has 1 rings (SSSR count). The van der Waals surface area contributed by atoms with Crippen LogP contribution in [-0.2, 0) is 0 Å². The molecule has 0 aliphatic heterocycles. The number of ether oxygens (including phenoxy) is 1. The number of benzene rings is 1. The van der Waals surface area contributed by atoms with E-state index in [0.717, 1.165) is 35.8 Å². The monoisotopic (exact) mass is 255 g/mol. The number of nitrogens with two attached hydrogens (primary N) is 1. The van der Waals surface area contributed by atoms with Crippen molar-refractivity contribution in [3.8, 4) is 5.75 Å². The van der Waals surface area contributed by atoms with Gasteiger partial charge in [0.25, 0.3) is 0 Å². The lowest BCUT2D eigenvalue weighted by Gasteiger charge is -2.22. The van der Waals surface area contributed by atoms with Crippen LogP contribution in [0.25, 0.3) is 0 Å². The van der Waals surface area contributed by atoms with Crippen molar-refractivity contribution in [2.75, 3.05) is 13.2 Å². The van der Waals surface area contributed by atoms with Gasteiger partial charge < -0.3 is 10.5 Å². The van der Waals surface area contributed by atoms with Gasteiger partial charge in [0.1, 0.15) is 5.75 Å². The first-order valence-corrected chi connectivity index (χ1v) is 6.41. The van der Waals surface area contributed by atoms with Crippen molar-refractivity contribution in [2.45, 2.75) is 33.6 Å². The molecule has 0 saturated carbocycles. The van der Waals surface area contributed by atoms with Crippen LogP contribution in [0.4, 0.5) is 0 Å². The predicted molar refractivity (Wildman–Crippen MR) is 73.8 cm³/mol. The first-order chi connectivity index (χ1) is 7.94. The second-order valence-corrected chi connectivity index (χ2v) is 5.67. The van der Waals surface area contributed by atoms with Gasteiger partial charge in [-0.25, -0.2) is 0 Å². The molecule has 0 aliphatic rings. The first kappa shape index (κ1) is 14.3. The first-order valence-electron chi connectivity index (χ1n) is 6.04. The number of aryl methyl sites for hydroxylation is 1. The van der Waals surface area contributed by atoms with E-state index >= 15 is 0 Å². The van der Waals surface area contributed by atoms with Gasteiger partial charge in [0, 0.05) is 5.02 Å². The minimum absolute atomic E-state index is 0.207. The maximum Gasteiger partial charge on any atom is 0.122 e. The Morgan fingerprint density at radius 1 is 1.35 bits per heavy atom. The van der Waals surface area contributed by atoms with Gasteiger partial charge in [0.15, 0.2) is 0 Å². The third kappa shape index (κ3) is 4.97. The van der Waals surface area contributed by atoms with Crippen molar-refractivity contribution in [3.63, 3.8) is 0 Å². The number of rotatable bonds is 6. The van der Waals surface area contributed by atoms with Crippen LogP contribution in [0.2, 0.25) is 5.02 Å². The highest BCUT2D eigenvalue weighted by molar-refractivity contribution is 6.30. The SMILES string of the molecule is Cc1cc(Cl)ccc1OCCCC(C)(C)CN. The Hall–Kier alpha value is -0.730. The molecule has 0 fully saturated rings. The lowest BCUT2D eigenvalue weighted by Crippen LogP contribution is -2.24. The number of hydrogen-bond acceptors (Lipinski definition) is 2. The van der Waals surface area contributed by atoms with E-state index in [0.29, 0.717) is 6.54 Å². The molecule has 2 nitrogen and oxygen atoms in total. The Balaban J connectivity index is 2.36. The van der Waals surface area contributed by atoms with E-state index in [9.17, 15) is 0 Å². The normalized spacial score (nSPS) is 11.6. The Labute approximate surface area is 109 Å². The van der Waals surface area contributed by atoms with Crippen LogP contribution in [0, 0.1) is 12.3 Å². The fourth-order valence-electron chi connectivity index (χ4n) is 1.61. The molecule has 0 heterocycles. The zero-order valence-electron chi connectivity index (χ0n) is 10.9. The van der Waals surface area contributed by atoms with Crippen LogP contribution < -0.4 is 10.5 Å². The van der Waals surface area contributed by atoms with Crippen LogP contribution in [0.15, 0.2) is 18.2 Å². The predicted octanol–water partition coefficient (Wildman–Crippen LogP) is 3.79. The molecule has 0 saturated heterocycles. The molecule has 0 unspecified atom stereocenters. The Kier molecular flexibility index (Phi) is 5.29. The van der Waals surface area contributed by atoms with E-state index < -0.39 is 0 Å². The van der Waals surface area contributed by atoms with E-state index in [1.54, 1.807) is 0 Å². The van der Waals surface area contributed by atoms with Crippen LogP contribution in [-0.4, -0.2) is 13.2 Å². The quantitative estimate of drug-likeness (QED) is 0.785. The maximum atomic E-state index is 5.89. The lowest BCUT2D eigenvalue weighted by atomic mass is 9.88. The third-order valence-electron chi connectivity index (χ3n) is 2.95. The van der Waals surface area contributed by atoms with Crippen molar-refractivity contribution in [1.29, 1.82) is 0 Å². The molecule has 1 aromatic carbocycles. The summed E-state index contributed by atoms with van der Waals surface area (Å²) in [7, 11) is 0. The zero-order chi connectivity index (χ0) is 12.9.